The Hall–Kier alpha value is -2.47. The third kappa shape index (κ3) is 2.33. The molecular weight excluding hydrogens is 276 g/mol. The van der Waals surface area contributed by atoms with E-state index in [1.54, 1.807) is 23.5 Å². The zero-order valence-corrected chi connectivity index (χ0v) is 11.3. The van der Waals surface area contributed by atoms with Gasteiger partial charge < -0.3 is 9.84 Å². The Morgan fingerprint density at radius 1 is 1.30 bits per heavy atom. The number of fused-ring (bicyclic) bond motifs is 1. The number of rotatable bonds is 3. The Balaban J connectivity index is 2.01. The largest absolute Gasteiger partial charge is 0.478 e. The van der Waals surface area contributed by atoms with Gasteiger partial charge in [0.2, 0.25) is 5.88 Å². The molecule has 100 valence electrons. The molecule has 0 amide bonds. The summed E-state index contributed by atoms with van der Waals surface area (Å²) in [5.41, 5.74) is 0.175. The van der Waals surface area contributed by atoms with Gasteiger partial charge in [0, 0.05) is 4.88 Å². The van der Waals surface area contributed by atoms with Gasteiger partial charge in [0.1, 0.15) is 16.9 Å². The number of benzene rings is 1. The maximum Gasteiger partial charge on any atom is 0.335 e. The average Bonchev–Trinajstić information content (AvgIpc) is 2.80. The Bertz CT molecular complexity index is 798. The molecular formula is C14H10N2O3S. The van der Waals surface area contributed by atoms with Crippen LogP contribution in [-0.4, -0.2) is 21.0 Å². The normalized spacial score (nSPS) is 10.7. The number of carboxylic acid groups (broad SMARTS) is 1. The molecule has 0 radical (unpaired) electrons. The van der Waals surface area contributed by atoms with Crippen molar-refractivity contribution in [2.24, 2.45) is 0 Å². The topological polar surface area (TPSA) is 72.3 Å². The molecule has 0 aliphatic rings. The SMILES string of the molecule is Cc1cc2c(Oc3cccc(C(=O)O)c3)ncnc2s1. The summed E-state index contributed by atoms with van der Waals surface area (Å²) in [5.74, 6) is -0.120. The lowest BCUT2D eigenvalue weighted by Gasteiger charge is -2.05. The third-order valence-electron chi connectivity index (χ3n) is 2.71. The molecule has 6 heteroatoms. The average molecular weight is 286 g/mol. The van der Waals surface area contributed by atoms with E-state index in [2.05, 4.69) is 9.97 Å². The smallest absolute Gasteiger partial charge is 0.335 e. The first-order chi connectivity index (χ1) is 9.63. The van der Waals surface area contributed by atoms with Crippen LogP contribution in [0.4, 0.5) is 0 Å². The summed E-state index contributed by atoms with van der Waals surface area (Å²) in [5, 5.41) is 9.80. The van der Waals surface area contributed by atoms with E-state index in [1.165, 1.54) is 18.5 Å². The Labute approximate surface area is 118 Å². The van der Waals surface area contributed by atoms with Crippen molar-refractivity contribution in [1.29, 1.82) is 0 Å². The molecule has 1 aromatic carbocycles. The predicted molar refractivity (Wildman–Crippen MR) is 75.6 cm³/mol. The highest BCUT2D eigenvalue weighted by atomic mass is 32.1. The van der Waals surface area contributed by atoms with Gasteiger partial charge in [0.15, 0.2) is 0 Å². The van der Waals surface area contributed by atoms with Crippen molar-refractivity contribution in [1.82, 2.24) is 9.97 Å². The van der Waals surface area contributed by atoms with Crippen molar-refractivity contribution in [2.75, 3.05) is 0 Å². The number of nitrogens with zero attached hydrogens (tertiary/aromatic N) is 2. The summed E-state index contributed by atoms with van der Waals surface area (Å²) in [6.07, 6.45) is 1.44. The molecule has 0 atom stereocenters. The second-order valence-corrected chi connectivity index (χ2v) is 5.42. The van der Waals surface area contributed by atoms with Crippen LogP contribution in [0.2, 0.25) is 0 Å². The molecule has 0 unspecified atom stereocenters. The Morgan fingerprint density at radius 3 is 2.95 bits per heavy atom. The number of carboxylic acids is 1. The molecule has 2 heterocycles. The first-order valence-electron chi connectivity index (χ1n) is 5.86. The second kappa shape index (κ2) is 4.90. The van der Waals surface area contributed by atoms with Gasteiger partial charge in [-0.1, -0.05) is 6.07 Å². The highest BCUT2D eigenvalue weighted by Crippen LogP contribution is 2.31. The molecule has 0 spiro atoms. The summed E-state index contributed by atoms with van der Waals surface area (Å²) in [7, 11) is 0. The summed E-state index contributed by atoms with van der Waals surface area (Å²) >= 11 is 1.56. The highest BCUT2D eigenvalue weighted by Gasteiger charge is 2.10. The van der Waals surface area contributed by atoms with Gasteiger partial charge in [-0.3, -0.25) is 0 Å². The first-order valence-corrected chi connectivity index (χ1v) is 6.67. The monoisotopic (exact) mass is 286 g/mol. The third-order valence-corrected chi connectivity index (χ3v) is 3.67. The lowest BCUT2D eigenvalue weighted by atomic mass is 10.2. The van der Waals surface area contributed by atoms with Crippen molar-refractivity contribution < 1.29 is 14.6 Å². The Morgan fingerprint density at radius 2 is 2.15 bits per heavy atom. The number of hydrogen-bond acceptors (Lipinski definition) is 5. The number of aryl methyl sites for hydroxylation is 1. The molecule has 0 aliphatic heterocycles. The van der Waals surface area contributed by atoms with Crippen LogP contribution in [-0.2, 0) is 0 Å². The van der Waals surface area contributed by atoms with E-state index >= 15 is 0 Å². The second-order valence-electron chi connectivity index (χ2n) is 4.19. The van der Waals surface area contributed by atoms with Gasteiger partial charge in [0.05, 0.1) is 10.9 Å². The summed E-state index contributed by atoms with van der Waals surface area (Å²) < 4.78 is 5.69. The quantitative estimate of drug-likeness (QED) is 0.798. The van der Waals surface area contributed by atoms with Crippen LogP contribution in [0, 0.1) is 6.92 Å². The lowest BCUT2D eigenvalue weighted by molar-refractivity contribution is 0.0696. The molecule has 0 fully saturated rings. The number of thiophene rings is 1. The van der Waals surface area contributed by atoms with Crippen LogP contribution in [0.25, 0.3) is 10.2 Å². The van der Waals surface area contributed by atoms with Crippen molar-refractivity contribution in [3.63, 3.8) is 0 Å². The van der Waals surface area contributed by atoms with Crippen molar-refractivity contribution in [3.8, 4) is 11.6 Å². The van der Waals surface area contributed by atoms with Gasteiger partial charge >= 0.3 is 5.97 Å². The molecule has 0 bridgehead atoms. The fourth-order valence-corrected chi connectivity index (χ4v) is 2.68. The highest BCUT2D eigenvalue weighted by molar-refractivity contribution is 7.18. The maximum atomic E-state index is 10.9. The van der Waals surface area contributed by atoms with E-state index < -0.39 is 5.97 Å². The summed E-state index contributed by atoms with van der Waals surface area (Å²) in [4.78, 5) is 21.2. The number of aromatic nitrogens is 2. The molecule has 3 rings (SSSR count). The molecule has 0 saturated carbocycles. The molecule has 1 N–H and O–H groups in total. The lowest BCUT2D eigenvalue weighted by Crippen LogP contribution is -1.96. The van der Waals surface area contributed by atoms with E-state index in [-0.39, 0.29) is 5.56 Å². The fraction of sp³-hybridized carbons (Fsp3) is 0.0714. The molecule has 0 aliphatic carbocycles. The number of aromatic carboxylic acids is 1. The molecule has 0 saturated heterocycles. The summed E-state index contributed by atoms with van der Waals surface area (Å²) in [6, 6.07) is 8.26. The van der Waals surface area contributed by atoms with Crippen LogP contribution in [0.3, 0.4) is 0 Å². The van der Waals surface area contributed by atoms with E-state index in [1.807, 2.05) is 13.0 Å². The van der Waals surface area contributed by atoms with Gasteiger partial charge in [-0.15, -0.1) is 11.3 Å². The van der Waals surface area contributed by atoms with Crippen LogP contribution >= 0.6 is 11.3 Å². The zero-order chi connectivity index (χ0) is 14.1. The number of hydrogen-bond donors (Lipinski definition) is 1. The molecule has 2 aromatic heterocycles. The minimum absolute atomic E-state index is 0.175. The van der Waals surface area contributed by atoms with Gasteiger partial charge in [-0.2, -0.15) is 0 Å². The maximum absolute atomic E-state index is 10.9. The van der Waals surface area contributed by atoms with Gasteiger partial charge in [0.25, 0.3) is 0 Å². The summed E-state index contributed by atoms with van der Waals surface area (Å²) in [6.45, 7) is 1.99. The van der Waals surface area contributed by atoms with E-state index in [4.69, 9.17) is 9.84 Å². The van der Waals surface area contributed by atoms with Crippen LogP contribution in [0.15, 0.2) is 36.7 Å². The van der Waals surface area contributed by atoms with Gasteiger partial charge in [-0.05, 0) is 31.2 Å². The van der Waals surface area contributed by atoms with Crippen LogP contribution < -0.4 is 4.74 Å². The molecule has 3 aromatic rings. The molecule has 5 nitrogen and oxygen atoms in total. The van der Waals surface area contributed by atoms with E-state index in [0.717, 1.165) is 15.1 Å². The van der Waals surface area contributed by atoms with Crippen molar-refractivity contribution in [2.45, 2.75) is 6.92 Å². The molecule has 20 heavy (non-hydrogen) atoms. The minimum Gasteiger partial charge on any atom is -0.478 e. The predicted octanol–water partition coefficient (Wildman–Crippen LogP) is 3.49. The fourth-order valence-electron chi connectivity index (χ4n) is 1.84. The van der Waals surface area contributed by atoms with Crippen LogP contribution in [0.5, 0.6) is 11.6 Å². The first kappa shape index (κ1) is 12.6. The number of ether oxygens (including phenoxy) is 1. The zero-order valence-electron chi connectivity index (χ0n) is 10.5. The van der Waals surface area contributed by atoms with E-state index in [0.29, 0.717) is 11.6 Å². The number of carbonyl (C=O) groups is 1. The van der Waals surface area contributed by atoms with Crippen LogP contribution in [0.1, 0.15) is 15.2 Å². The van der Waals surface area contributed by atoms with E-state index in [9.17, 15) is 4.79 Å². The van der Waals surface area contributed by atoms with Crippen molar-refractivity contribution in [3.05, 3.63) is 47.1 Å². The minimum atomic E-state index is -0.991. The standard InChI is InChI=1S/C14H10N2O3S/c1-8-5-11-12(15-7-16-13(11)20-8)19-10-4-2-3-9(6-10)14(17)18/h2-7H,1H3,(H,17,18). The van der Waals surface area contributed by atoms with Crippen molar-refractivity contribution >= 4 is 27.5 Å². The Kier molecular flexibility index (Phi) is 3.08. The van der Waals surface area contributed by atoms with Gasteiger partial charge in [-0.25, -0.2) is 14.8 Å².